The molecule has 0 heterocycles. The summed E-state index contributed by atoms with van der Waals surface area (Å²) in [5.41, 5.74) is 2.79. The number of ether oxygens (including phenoxy) is 1. The van der Waals surface area contributed by atoms with Crippen LogP contribution in [0.15, 0.2) is 42.5 Å². The van der Waals surface area contributed by atoms with Crippen LogP contribution in [0, 0.1) is 12.8 Å². The van der Waals surface area contributed by atoms with Crippen molar-refractivity contribution in [2.24, 2.45) is 5.92 Å². The summed E-state index contributed by atoms with van der Waals surface area (Å²) in [5.74, 6) is -0.983. The van der Waals surface area contributed by atoms with Crippen LogP contribution in [0.2, 0.25) is 0 Å². The molecule has 0 saturated carbocycles. The molecule has 136 valence electrons. The van der Waals surface area contributed by atoms with Crippen LogP contribution in [0.1, 0.15) is 40.1 Å². The molecule has 2 aromatic carbocycles. The molecule has 0 aliphatic carbocycles. The predicted molar refractivity (Wildman–Crippen MR) is 100 cm³/mol. The van der Waals surface area contributed by atoms with Crippen molar-refractivity contribution < 1.29 is 19.1 Å². The smallest absolute Gasteiger partial charge is 0.337 e. The number of benzene rings is 2. The summed E-state index contributed by atoms with van der Waals surface area (Å²) in [6.45, 7) is 5.45. The number of esters is 1. The van der Waals surface area contributed by atoms with E-state index in [-0.39, 0.29) is 17.7 Å². The Labute approximate surface area is 152 Å². The first-order valence-corrected chi connectivity index (χ1v) is 8.23. The molecule has 0 saturated heterocycles. The van der Waals surface area contributed by atoms with Crippen LogP contribution in [0.5, 0.6) is 0 Å². The zero-order chi connectivity index (χ0) is 19.3. The topological polar surface area (TPSA) is 84.5 Å². The summed E-state index contributed by atoms with van der Waals surface area (Å²) in [6, 6.07) is 11.6. The molecule has 0 bridgehead atoms. The lowest BCUT2D eigenvalue weighted by molar-refractivity contribution is -0.118. The van der Waals surface area contributed by atoms with Crippen molar-refractivity contribution >= 4 is 29.2 Å². The molecule has 26 heavy (non-hydrogen) atoms. The fourth-order valence-corrected chi connectivity index (χ4v) is 2.19. The third-order valence-corrected chi connectivity index (χ3v) is 3.85. The van der Waals surface area contributed by atoms with Crippen LogP contribution in [-0.2, 0) is 9.53 Å². The summed E-state index contributed by atoms with van der Waals surface area (Å²) in [7, 11) is 1.31. The van der Waals surface area contributed by atoms with Crippen LogP contribution < -0.4 is 10.6 Å². The van der Waals surface area contributed by atoms with Gasteiger partial charge in [0.15, 0.2) is 0 Å². The third kappa shape index (κ3) is 4.69. The van der Waals surface area contributed by atoms with E-state index in [1.807, 2.05) is 20.8 Å². The predicted octanol–water partition coefficient (Wildman–Crippen LogP) is 3.63. The van der Waals surface area contributed by atoms with Gasteiger partial charge in [-0.3, -0.25) is 9.59 Å². The fraction of sp³-hybridized carbons (Fsp3) is 0.250. The molecule has 0 radical (unpaired) electrons. The van der Waals surface area contributed by atoms with Gasteiger partial charge >= 0.3 is 5.97 Å². The van der Waals surface area contributed by atoms with Crippen LogP contribution in [-0.4, -0.2) is 24.9 Å². The Bertz CT molecular complexity index is 826. The Morgan fingerprint density at radius 1 is 0.923 bits per heavy atom. The van der Waals surface area contributed by atoms with E-state index in [2.05, 4.69) is 10.6 Å². The van der Waals surface area contributed by atoms with E-state index in [9.17, 15) is 14.4 Å². The van der Waals surface area contributed by atoms with Crippen molar-refractivity contribution in [1.82, 2.24) is 0 Å². The van der Waals surface area contributed by atoms with Gasteiger partial charge in [0.25, 0.3) is 5.91 Å². The molecule has 0 spiro atoms. The Hall–Kier alpha value is -3.15. The Kier molecular flexibility index (Phi) is 6.11. The average Bonchev–Trinajstić information content (AvgIpc) is 2.63. The lowest BCUT2D eigenvalue weighted by atomic mass is 10.1. The van der Waals surface area contributed by atoms with E-state index in [0.29, 0.717) is 22.5 Å². The third-order valence-electron chi connectivity index (χ3n) is 3.85. The molecule has 0 aliphatic heterocycles. The van der Waals surface area contributed by atoms with Crippen molar-refractivity contribution in [3.8, 4) is 0 Å². The highest BCUT2D eigenvalue weighted by atomic mass is 16.5. The quantitative estimate of drug-likeness (QED) is 0.803. The van der Waals surface area contributed by atoms with Crippen molar-refractivity contribution in [3.63, 3.8) is 0 Å². The van der Waals surface area contributed by atoms with E-state index in [1.54, 1.807) is 42.5 Å². The molecule has 0 fully saturated rings. The van der Waals surface area contributed by atoms with Gasteiger partial charge in [0, 0.05) is 22.9 Å². The zero-order valence-electron chi connectivity index (χ0n) is 15.3. The average molecular weight is 354 g/mol. The van der Waals surface area contributed by atoms with E-state index in [4.69, 9.17) is 4.74 Å². The zero-order valence-corrected chi connectivity index (χ0v) is 15.3. The number of methoxy groups -OCH3 is 1. The lowest BCUT2D eigenvalue weighted by Crippen LogP contribution is -2.18. The minimum atomic E-state index is -0.467. The van der Waals surface area contributed by atoms with Crippen LogP contribution in [0.4, 0.5) is 11.4 Å². The maximum atomic E-state index is 12.4. The van der Waals surface area contributed by atoms with Crippen molar-refractivity contribution in [1.29, 1.82) is 0 Å². The summed E-state index contributed by atoms with van der Waals surface area (Å²) in [5, 5.41) is 5.56. The summed E-state index contributed by atoms with van der Waals surface area (Å²) < 4.78 is 4.70. The van der Waals surface area contributed by atoms with E-state index < -0.39 is 5.97 Å². The minimum absolute atomic E-state index is 0.0857. The van der Waals surface area contributed by atoms with Crippen molar-refractivity contribution in [3.05, 3.63) is 59.2 Å². The van der Waals surface area contributed by atoms with Crippen LogP contribution in [0.25, 0.3) is 0 Å². The largest absolute Gasteiger partial charge is 0.465 e. The number of aryl methyl sites for hydroxylation is 1. The summed E-state index contributed by atoms with van der Waals surface area (Å²) in [4.78, 5) is 35.8. The maximum absolute atomic E-state index is 12.4. The highest BCUT2D eigenvalue weighted by molar-refractivity contribution is 6.05. The number of carbonyl (C=O) groups is 3. The van der Waals surface area contributed by atoms with Gasteiger partial charge in [-0.1, -0.05) is 19.9 Å². The molecule has 6 heteroatoms. The molecule has 0 aromatic heterocycles. The number of anilines is 2. The molecule has 0 unspecified atom stereocenters. The lowest BCUT2D eigenvalue weighted by Gasteiger charge is -2.11. The maximum Gasteiger partial charge on any atom is 0.337 e. The van der Waals surface area contributed by atoms with Crippen molar-refractivity contribution in [2.75, 3.05) is 17.7 Å². The van der Waals surface area contributed by atoms with E-state index in [0.717, 1.165) is 5.56 Å². The highest BCUT2D eigenvalue weighted by Gasteiger charge is 2.12. The van der Waals surface area contributed by atoms with Crippen molar-refractivity contribution in [2.45, 2.75) is 20.8 Å². The summed E-state index contributed by atoms with van der Waals surface area (Å²) in [6.07, 6.45) is 0. The van der Waals surface area contributed by atoms with Crippen LogP contribution >= 0.6 is 0 Å². The van der Waals surface area contributed by atoms with Gasteiger partial charge in [-0.25, -0.2) is 4.79 Å². The van der Waals surface area contributed by atoms with Gasteiger partial charge in [0.05, 0.1) is 12.7 Å². The molecule has 6 nitrogen and oxygen atoms in total. The Morgan fingerprint density at radius 2 is 1.54 bits per heavy atom. The highest BCUT2D eigenvalue weighted by Crippen LogP contribution is 2.19. The first kappa shape index (κ1) is 19.2. The molecule has 2 aromatic rings. The number of rotatable bonds is 5. The second-order valence-corrected chi connectivity index (χ2v) is 6.20. The fourth-order valence-electron chi connectivity index (χ4n) is 2.19. The van der Waals surface area contributed by atoms with E-state index in [1.165, 1.54) is 7.11 Å². The van der Waals surface area contributed by atoms with Gasteiger partial charge in [0.1, 0.15) is 0 Å². The van der Waals surface area contributed by atoms with Crippen LogP contribution in [0.3, 0.4) is 0 Å². The number of hydrogen-bond donors (Lipinski definition) is 2. The van der Waals surface area contributed by atoms with Gasteiger partial charge in [-0.15, -0.1) is 0 Å². The second-order valence-electron chi connectivity index (χ2n) is 6.20. The standard InChI is InChI=1S/C20H22N2O4/c1-12(2)18(23)21-16-9-7-14(8-10-16)19(24)22-17-11-15(20(25)26-4)6-5-13(17)3/h5-12H,1-4H3,(H,21,23)(H,22,24). The molecule has 0 aliphatic rings. The van der Waals surface area contributed by atoms with Gasteiger partial charge in [0.2, 0.25) is 5.91 Å². The Balaban J connectivity index is 2.13. The number of amides is 2. The van der Waals surface area contributed by atoms with Gasteiger partial charge in [-0.05, 0) is 48.9 Å². The monoisotopic (exact) mass is 354 g/mol. The number of hydrogen-bond acceptors (Lipinski definition) is 4. The minimum Gasteiger partial charge on any atom is -0.465 e. The van der Waals surface area contributed by atoms with E-state index >= 15 is 0 Å². The molecule has 2 N–H and O–H groups in total. The molecule has 2 amide bonds. The Morgan fingerprint density at radius 3 is 2.12 bits per heavy atom. The molecular formula is C20H22N2O4. The SMILES string of the molecule is COC(=O)c1ccc(C)c(NC(=O)c2ccc(NC(=O)C(C)C)cc2)c1. The molecule has 2 rings (SSSR count). The first-order valence-electron chi connectivity index (χ1n) is 8.23. The molecule has 0 atom stereocenters. The second kappa shape index (κ2) is 8.29. The molecular weight excluding hydrogens is 332 g/mol. The number of carbonyl (C=O) groups excluding carboxylic acids is 3. The number of nitrogens with one attached hydrogen (secondary N) is 2. The summed E-state index contributed by atoms with van der Waals surface area (Å²) >= 11 is 0. The normalized spacial score (nSPS) is 10.3. The first-order chi connectivity index (χ1) is 12.3. The van der Waals surface area contributed by atoms with Gasteiger partial charge in [-0.2, -0.15) is 0 Å². The van der Waals surface area contributed by atoms with Gasteiger partial charge < -0.3 is 15.4 Å².